The molecule has 0 bridgehead atoms. The van der Waals surface area contributed by atoms with E-state index in [4.69, 9.17) is 9.47 Å². The van der Waals surface area contributed by atoms with E-state index in [1.165, 1.54) is 0 Å². The van der Waals surface area contributed by atoms with Crippen molar-refractivity contribution in [2.45, 2.75) is 0 Å². The summed E-state index contributed by atoms with van der Waals surface area (Å²) >= 11 is 0. The average Bonchev–Trinajstić information content (AvgIpc) is 3.22. The summed E-state index contributed by atoms with van der Waals surface area (Å²) in [6, 6.07) is 27.1. The Bertz CT molecular complexity index is 1340. The SMILES string of the molecule is COc1cc2ccc(-c3cccc(-n4cnc5ccccc54)c3)cc2cc1OC. The number of benzene rings is 4. The van der Waals surface area contributed by atoms with Crippen LogP contribution >= 0.6 is 0 Å². The molecule has 0 spiro atoms. The number of hydrogen-bond donors (Lipinski definition) is 0. The van der Waals surface area contributed by atoms with Crippen LogP contribution in [-0.4, -0.2) is 23.8 Å². The van der Waals surface area contributed by atoms with Crippen molar-refractivity contribution in [3.05, 3.63) is 85.2 Å². The van der Waals surface area contributed by atoms with Gasteiger partial charge in [-0.15, -0.1) is 0 Å². The van der Waals surface area contributed by atoms with E-state index in [1.54, 1.807) is 14.2 Å². The lowest BCUT2D eigenvalue weighted by Gasteiger charge is -2.11. The first-order valence-corrected chi connectivity index (χ1v) is 9.45. The van der Waals surface area contributed by atoms with Gasteiger partial charge in [-0.25, -0.2) is 4.98 Å². The quantitative estimate of drug-likeness (QED) is 0.392. The third kappa shape index (κ3) is 2.99. The molecule has 1 heterocycles. The molecular formula is C25H20N2O2. The third-order valence-electron chi connectivity index (χ3n) is 5.25. The highest BCUT2D eigenvalue weighted by Crippen LogP contribution is 2.34. The topological polar surface area (TPSA) is 36.3 Å². The highest BCUT2D eigenvalue weighted by atomic mass is 16.5. The minimum Gasteiger partial charge on any atom is -0.493 e. The molecule has 29 heavy (non-hydrogen) atoms. The lowest BCUT2D eigenvalue weighted by molar-refractivity contribution is 0.356. The zero-order valence-electron chi connectivity index (χ0n) is 16.3. The molecule has 0 saturated heterocycles. The van der Waals surface area contributed by atoms with Crippen LogP contribution in [0, 0.1) is 0 Å². The van der Waals surface area contributed by atoms with E-state index in [2.05, 4.69) is 58.1 Å². The van der Waals surface area contributed by atoms with Crippen LogP contribution in [0.15, 0.2) is 85.2 Å². The molecule has 0 aliphatic carbocycles. The van der Waals surface area contributed by atoms with E-state index in [1.807, 2.05) is 36.7 Å². The number of methoxy groups -OCH3 is 2. The van der Waals surface area contributed by atoms with Crippen molar-refractivity contribution in [3.63, 3.8) is 0 Å². The van der Waals surface area contributed by atoms with Crippen molar-refractivity contribution in [2.24, 2.45) is 0 Å². The molecule has 0 unspecified atom stereocenters. The molecule has 4 aromatic carbocycles. The van der Waals surface area contributed by atoms with E-state index in [0.29, 0.717) is 0 Å². The van der Waals surface area contributed by atoms with Gasteiger partial charge in [0.05, 0.1) is 25.3 Å². The maximum absolute atomic E-state index is 5.46. The van der Waals surface area contributed by atoms with Gasteiger partial charge < -0.3 is 9.47 Å². The first-order chi connectivity index (χ1) is 14.3. The zero-order valence-corrected chi connectivity index (χ0v) is 16.3. The van der Waals surface area contributed by atoms with Crippen LogP contribution in [0.4, 0.5) is 0 Å². The van der Waals surface area contributed by atoms with Crippen LogP contribution in [0.2, 0.25) is 0 Å². The average molecular weight is 380 g/mol. The number of imidazole rings is 1. The summed E-state index contributed by atoms with van der Waals surface area (Å²) in [6.07, 6.45) is 1.88. The molecule has 0 N–H and O–H groups in total. The van der Waals surface area contributed by atoms with E-state index in [9.17, 15) is 0 Å². The molecule has 4 heteroatoms. The summed E-state index contributed by atoms with van der Waals surface area (Å²) in [5.74, 6) is 1.47. The monoisotopic (exact) mass is 380 g/mol. The van der Waals surface area contributed by atoms with Crippen LogP contribution < -0.4 is 9.47 Å². The molecule has 5 aromatic rings. The van der Waals surface area contributed by atoms with Gasteiger partial charge in [0.15, 0.2) is 11.5 Å². The van der Waals surface area contributed by atoms with Crippen LogP contribution in [0.25, 0.3) is 38.6 Å². The molecule has 0 radical (unpaired) electrons. The standard InChI is InChI=1S/C25H20N2O2/c1-28-24-14-19-11-10-18(12-20(19)15-25(24)29-2)17-6-5-7-21(13-17)27-16-26-22-8-3-4-9-23(22)27/h3-16H,1-2H3. The van der Waals surface area contributed by atoms with Gasteiger partial charge in [0.1, 0.15) is 6.33 Å². The molecule has 0 fully saturated rings. The van der Waals surface area contributed by atoms with Crippen molar-refractivity contribution in [2.75, 3.05) is 14.2 Å². The summed E-state index contributed by atoms with van der Waals surface area (Å²) in [4.78, 5) is 4.51. The number of ether oxygens (including phenoxy) is 2. The Kier molecular flexibility index (Phi) is 4.17. The molecule has 0 saturated carbocycles. The Morgan fingerprint density at radius 1 is 0.690 bits per heavy atom. The van der Waals surface area contributed by atoms with Crippen LogP contribution in [0.1, 0.15) is 0 Å². The number of fused-ring (bicyclic) bond motifs is 2. The lowest BCUT2D eigenvalue weighted by Crippen LogP contribution is -1.92. The fourth-order valence-corrected chi connectivity index (χ4v) is 3.75. The molecule has 4 nitrogen and oxygen atoms in total. The molecule has 1 aromatic heterocycles. The van der Waals surface area contributed by atoms with Crippen molar-refractivity contribution in [3.8, 4) is 28.3 Å². The first kappa shape index (κ1) is 17.3. The van der Waals surface area contributed by atoms with Gasteiger partial charge in [-0.05, 0) is 64.4 Å². The van der Waals surface area contributed by atoms with E-state index >= 15 is 0 Å². The fourth-order valence-electron chi connectivity index (χ4n) is 3.75. The second-order valence-electron chi connectivity index (χ2n) is 6.92. The van der Waals surface area contributed by atoms with Crippen molar-refractivity contribution in [1.82, 2.24) is 9.55 Å². The van der Waals surface area contributed by atoms with E-state index < -0.39 is 0 Å². The number of nitrogens with zero attached hydrogens (tertiary/aromatic N) is 2. The number of aromatic nitrogens is 2. The van der Waals surface area contributed by atoms with E-state index in [0.717, 1.165) is 50.1 Å². The molecule has 5 rings (SSSR count). The van der Waals surface area contributed by atoms with Gasteiger partial charge in [-0.1, -0.05) is 36.4 Å². The smallest absolute Gasteiger partial charge is 0.161 e. The minimum atomic E-state index is 0.732. The van der Waals surface area contributed by atoms with Gasteiger partial charge in [0.2, 0.25) is 0 Å². The summed E-state index contributed by atoms with van der Waals surface area (Å²) in [5.41, 5.74) is 5.47. The Morgan fingerprint density at radius 3 is 2.28 bits per heavy atom. The van der Waals surface area contributed by atoms with Gasteiger partial charge in [0, 0.05) is 5.69 Å². The fraction of sp³-hybridized carbons (Fsp3) is 0.0800. The van der Waals surface area contributed by atoms with Crippen molar-refractivity contribution < 1.29 is 9.47 Å². The van der Waals surface area contributed by atoms with Crippen LogP contribution in [0.5, 0.6) is 11.5 Å². The Labute approximate surface area is 169 Å². The Balaban J connectivity index is 1.61. The van der Waals surface area contributed by atoms with Gasteiger partial charge in [-0.3, -0.25) is 4.57 Å². The molecule has 0 atom stereocenters. The van der Waals surface area contributed by atoms with Gasteiger partial charge in [0.25, 0.3) is 0 Å². The molecule has 0 aliphatic heterocycles. The predicted molar refractivity (Wildman–Crippen MR) is 117 cm³/mol. The number of para-hydroxylation sites is 2. The van der Waals surface area contributed by atoms with Crippen LogP contribution in [-0.2, 0) is 0 Å². The summed E-state index contributed by atoms with van der Waals surface area (Å²) in [7, 11) is 3.32. The second-order valence-corrected chi connectivity index (χ2v) is 6.92. The van der Waals surface area contributed by atoms with Crippen molar-refractivity contribution in [1.29, 1.82) is 0 Å². The van der Waals surface area contributed by atoms with E-state index in [-0.39, 0.29) is 0 Å². The third-order valence-corrected chi connectivity index (χ3v) is 5.25. The number of rotatable bonds is 4. The number of hydrogen-bond acceptors (Lipinski definition) is 3. The highest BCUT2D eigenvalue weighted by molar-refractivity contribution is 5.90. The predicted octanol–water partition coefficient (Wildman–Crippen LogP) is 5.86. The maximum Gasteiger partial charge on any atom is 0.161 e. The van der Waals surface area contributed by atoms with Gasteiger partial charge in [-0.2, -0.15) is 0 Å². The molecular weight excluding hydrogens is 360 g/mol. The first-order valence-electron chi connectivity index (χ1n) is 9.45. The largest absolute Gasteiger partial charge is 0.493 e. The van der Waals surface area contributed by atoms with Crippen LogP contribution in [0.3, 0.4) is 0 Å². The molecule has 142 valence electrons. The van der Waals surface area contributed by atoms with Gasteiger partial charge >= 0.3 is 0 Å². The summed E-state index contributed by atoms with van der Waals surface area (Å²) in [5, 5.41) is 2.22. The second kappa shape index (κ2) is 6.99. The summed E-state index contributed by atoms with van der Waals surface area (Å²) in [6.45, 7) is 0. The van der Waals surface area contributed by atoms with Crippen molar-refractivity contribution >= 4 is 21.8 Å². The minimum absolute atomic E-state index is 0.732. The lowest BCUT2D eigenvalue weighted by atomic mass is 10.0. The highest BCUT2D eigenvalue weighted by Gasteiger charge is 2.09. The normalized spacial score (nSPS) is 11.1. The molecule has 0 aliphatic rings. The molecule has 0 amide bonds. The Hall–Kier alpha value is -3.79. The summed E-state index contributed by atoms with van der Waals surface area (Å²) < 4.78 is 13.0. The maximum atomic E-state index is 5.46. The zero-order chi connectivity index (χ0) is 19.8. The Morgan fingerprint density at radius 2 is 1.45 bits per heavy atom.